The maximum Gasteiger partial charge on any atom is 0.314 e. The third-order valence-corrected chi connectivity index (χ3v) is 4.93. The molecule has 20 heavy (non-hydrogen) atoms. The van der Waals surface area contributed by atoms with Crippen molar-refractivity contribution in [2.75, 3.05) is 6.61 Å². The molecule has 0 aromatic carbocycles. The number of fused-ring (bicyclic) bond motifs is 5. The topological polar surface area (TPSA) is 44.8 Å². The van der Waals surface area contributed by atoms with Crippen LogP contribution < -0.4 is 0 Å². The molecular weight excluding hydrogens is 256 g/mol. The Hall–Kier alpha value is -0.610. The predicted molar refractivity (Wildman–Crippen MR) is 74.1 cm³/mol. The average molecular weight is 282 g/mol. The minimum absolute atomic E-state index is 0.0525. The molecule has 0 N–H and O–H groups in total. The maximum absolute atomic E-state index is 11.9. The van der Waals surface area contributed by atoms with Crippen molar-refractivity contribution in [1.29, 1.82) is 0 Å². The Balaban J connectivity index is 1.37. The molecule has 2 bridgehead atoms. The van der Waals surface area contributed by atoms with Gasteiger partial charge in [-0.15, -0.1) is 0 Å². The Bertz CT molecular complexity index is 343. The first-order valence-corrected chi connectivity index (χ1v) is 8.29. The van der Waals surface area contributed by atoms with E-state index < -0.39 is 0 Å². The van der Waals surface area contributed by atoms with Gasteiger partial charge in [0.25, 0.3) is 0 Å². The minimum atomic E-state index is -0.349. The summed E-state index contributed by atoms with van der Waals surface area (Å²) in [4.78, 5) is 11.9. The van der Waals surface area contributed by atoms with Crippen LogP contribution in [0.15, 0.2) is 0 Å². The highest BCUT2D eigenvalue weighted by atomic mass is 16.7. The van der Waals surface area contributed by atoms with Crippen molar-refractivity contribution in [1.82, 2.24) is 0 Å². The second-order valence-electron chi connectivity index (χ2n) is 6.34. The smallest absolute Gasteiger partial charge is 0.314 e. The molecule has 0 aromatic rings. The molecule has 114 valence electrons. The standard InChI is InChI=1S/C16H26O4/c1-2-3-4-5-6-7-10-18-16-14-12-9-8-11(19-12)13(14)15(17)20-16/h11-14,16H,2-10H2,1H3/t11-,12+,13-,14+,16+/m1/s1. The fourth-order valence-corrected chi connectivity index (χ4v) is 3.87. The number of hydrogen-bond acceptors (Lipinski definition) is 4. The van der Waals surface area contributed by atoms with Crippen LogP contribution in [0.5, 0.6) is 0 Å². The van der Waals surface area contributed by atoms with E-state index in [1.54, 1.807) is 0 Å². The number of carbonyl (C=O) groups is 1. The first-order valence-electron chi connectivity index (χ1n) is 8.29. The molecule has 4 heteroatoms. The van der Waals surface area contributed by atoms with Crippen LogP contribution in [-0.2, 0) is 19.0 Å². The van der Waals surface area contributed by atoms with Gasteiger partial charge in [0.15, 0.2) is 0 Å². The fourth-order valence-electron chi connectivity index (χ4n) is 3.87. The predicted octanol–water partition coefficient (Wildman–Crippen LogP) is 3.04. The molecule has 3 saturated heterocycles. The van der Waals surface area contributed by atoms with Crippen LogP contribution >= 0.6 is 0 Å². The summed E-state index contributed by atoms with van der Waals surface area (Å²) in [6.45, 7) is 2.93. The summed E-state index contributed by atoms with van der Waals surface area (Å²) < 4.78 is 17.1. The van der Waals surface area contributed by atoms with Gasteiger partial charge in [-0.25, -0.2) is 0 Å². The van der Waals surface area contributed by atoms with Crippen molar-refractivity contribution in [3.63, 3.8) is 0 Å². The van der Waals surface area contributed by atoms with E-state index >= 15 is 0 Å². The Kier molecular flexibility index (Phi) is 4.61. The van der Waals surface area contributed by atoms with E-state index in [2.05, 4.69) is 6.92 Å². The molecule has 0 aliphatic carbocycles. The van der Waals surface area contributed by atoms with Gasteiger partial charge in [0.1, 0.15) is 0 Å². The van der Waals surface area contributed by atoms with Gasteiger partial charge in [-0.3, -0.25) is 4.79 Å². The highest BCUT2D eigenvalue weighted by Gasteiger charge is 2.61. The Morgan fingerprint density at radius 1 is 1.10 bits per heavy atom. The van der Waals surface area contributed by atoms with Gasteiger partial charge >= 0.3 is 5.97 Å². The number of rotatable bonds is 8. The number of esters is 1. The van der Waals surface area contributed by atoms with Crippen LogP contribution in [0.3, 0.4) is 0 Å². The van der Waals surface area contributed by atoms with Gasteiger partial charge in [0.05, 0.1) is 30.7 Å². The van der Waals surface area contributed by atoms with Crippen molar-refractivity contribution in [2.45, 2.75) is 76.8 Å². The lowest BCUT2D eigenvalue weighted by molar-refractivity contribution is -0.174. The molecule has 3 aliphatic heterocycles. The number of hydrogen-bond donors (Lipinski definition) is 0. The van der Waals surface area contributed by atoms with Crippen LogP contribution in [0.4, 0.5) is 0 Å². The van der Waals surface area contributed by atoms with Crippen molar-refractivity contribution < 1.29 is 19.0 Å². The molecule has 0 spiro atoms. The highest BCUT2D eigenvalue weighted by Crippen LogP contribution is 2.49. The van der Waals surface area contributed by atoms with E-state index in [0.29, 0.717) is 6.61 Å². The minimum Gasteiger partial charge on any atom is -0.435 e. The van der Waals surface area contributed by atoms with Crippen LogP contribution in [-0.4, -0.2) is 31.1 Å². The zero-order valence-electron chi connectivity index (χ0n) is 12.4. The third-order valence-electron chi connectivity index (χ3n) is 4.93. The van der Waals surface area contributed by atoms with E-state index in [4.69, 9.17) is 14.2 Å². The lowest BCUT2D eigenvalue weighted by atomic mass is 9.81. The van der Waals surface area contributed by atoms with Crippen molar-refractivity contribution in [3.05, 3.63) is 0 Å². The fraction of sp³-hybridized carbons (Fsp3) is 0.938. The number of cyclic esters (lactones) is 1. The molecule has 3 rings (SSSR count). The van der Waals surface area contributed by atoms with Gasteiger partial charge < -0.3 is 14.2 Å². The Labute approximate surface area is 121 Å². The van der Waals surface area contributed by atoms with Crippen molar-refractivity contribution in [2.24, 2.45) is 11.8 Å². The van der Waals surface area contributed by atoms with Gasteiger partial charge in [-0.1, -0.05) is 39.0 Å². The molecule has 3 fully saturated rings. The number of ether oxygens (including phenoxy) is 3. The normalized spacial score (nSPS) is 38.2. The molecule has 0 saturated carbocycles. The summed E-state index contributed by atoms with van der Waals surface area (Å²) in [5.41, 5.74) is 0. The van der Waals surface area contributed by atoms with E-state index in [-0.39, 0.29) is 36.3 Å². The van der Waals surface area contributed by atoms with E-state index in [1.807, 2.05) is 0 Å². The molecule has 0 aromatic heterocycles. The lowest BCUT2D eigenvalue weighted by Gasteiger charge is -2.22. The molecular formula is C16H26O4. The first kappa shape index (κ1) is 14.3. The summed E-state index contributed by atoms with van der Waals surface area (Å²) in [6.07, 6.45) is 9.46. The molecule has 0 unspecified atom stereocenters. The van der Waals surface area contributed by atoms with Crippen LogP contribution in [0, 0.1) is 11.8 Å². The summed E-state index contributed by atoms with van der Waals surface area (Å²) >= 11 is 0. The van der Waals surface area contributed by atoms with Gasteiger partial charge in [-0.05, 0) is 19.3 Å². The van der Waals surface area contributed by atoms with Crippen LogP contribution in [0.2, 0.25) is 0 Å². The second-order valence-corrected chi connectivity index (χ2v) is 6.34. The van der Waals surface area contributed by atoms with Crippen molar-refractivity contribution in [3.8, 4) is 0 Å². The van der Waals surface area contributed by atoms with E-state index in [1.165, 1.54) is 32.1 Å². The number of unbranched alkanes of at least 4 members (excludes halogenated alkanes) is 5. The summed E-state index contributed by atoms with van der Waals surface area (Å²) in [5.74, 6) is -0.000193. The number of carbonyl (C=O) groups excluding carboxylic acids is 1. The van der Waals surface area contributed by atoms with E-state index in [0.717, 1.165) is 19.3 Å². The van der Waals surface area contributed by atoms with Crippen LogP contribution in [0.25, 0.3) is 0 Å². The first-order chi connectivity index (χ1) is 9.81. The monoisotopic (exact) mass is 282 g/mol. The molecule has 5 atom stereocenters. The highest BCUT2D eigenvalue weighted by molar-refractivity contribution is 5.76. The van der Waals surface area contributed by atoms with Gasteiger partial charge in [0.2, 0.25) is 6.29 Å². The maximum atomic E-state index is 11.9. The Morgan fingerprint density at radius 3 is 2.70 bits per heavy atom. The molecule has 4 nitrogen and oxygen atoms in total. The molecule has 0 radical (unpaired) electrons. The quantitative estimate of drug-likeness (QED) is 0.507. The van der Waals surface area contributed by atoms with Gasteiger partial charge in [-0.2, -0.15) is 0 Å². The largest absolute Gasteiger partial charge is 0.435 e. The molecule has 0 amide bonds. The summed E-state index contributed by atoms with van der Waals surface area (Å²) in [7, 11) is 0. The van der Waals surface area contributed by atoms with E-state index in [9.17, 15) is 4.79 Å². The van der Waals surface area contributed by atoms with Crippen LogP contribution in [0.1, 0.15) is 58.3 Å². The second kappa shape index (κ2) is 6.44. The Morgan fingerprint density at radius 2 is 1.85 bits per heavy atom. The average Bonchev–Trinajstić information content (AvgIpc) is 3.12. The van der Waals surface area contributed by atoms with Crippen molar-refractivity contribution >= 4 is 5.97 Å². The summed E-state index contributed by atoms with van der Waals surface area (Å²) in [6, 6.07) is 0. The summed E-state index contributed by atoms with van der Waals surface area (Å²) in [5, 5.41) is 0. The zero-order chi connectivity index (χ0) is 13.9. The van der Waals surface area contributed by atoms with Gasteiger partial charge in [0, 0.05) is 0 Å². The lowest BCUT2D eigenvalue weighted by Crippen LogP contribution is -2.32. The molecule has 3 aliphatic rings. The zero-order valence-corrected chi connectivity index (χ0v) is 12.4. The molecule has 3 heterocycles. The SMILES string of the molecule is CCCCCCCCO[C@H]1OC(=O)[C@H]2[C@@H]1[C@@H]1CC[C@H]2O1. The third kappa shape index (κ3) is 2.73.